The Morgan fingerprint density at radius 2 is 1.67 bits per heavy atom. The first kappa shape index (κ1) is 19.0. The Morgan fingerprint density at radius 3 is 2.05 bits per heavy atom. The summed E-state index contributed by atoms with van der Waals surface area (Å²) in [5, 5.41) is 0. The van der Waals surface area contributed by atoms with Gasteiger partial charge in [0, 0.05) is 18.8 Å². The van der Waals surface area contributed by atoms with Crippen LogP contribution in [-0.2, 0) is 19.1 Å². The summed E-state index contributed by atoms with van der Waals surface area (Å²) in [6, 6.07) is 0. The Morgan fingerprint density at radius 1 is 1.14 bits per heavy atom. The molecule has 0 spiro atoms. The Hall–Kier alpha value is -1.98. The molecule has 0 amide bonds. The third-order valence-electron chi connectivity index (χ3n) is 2.77. The molecule has 0 aromatic carbocycles. The highest BCUT2D eigenvalue weighted by atomic mass is 16.5. The van der Waals surface area contributed by atoms with E-state index in [4.69, 9.17) is 9.47 Å². The number of esters is 2. The first-order valence-corrected chi connectivity index (χ1v) is 6.83. The van der Waals surface area contributed by atoms with Gasteiger partial charge in [0.05, 0.1) is 14.2 Å². The lowest BCUT2D eigenvalue weighted by atomic mass is 9.81. The van der Waals surface area contributed by atoms with E-state index in [0.29, 0.717) is 0 Å². The van der Waals surface area contributed by atoms with Gasteiger partial charge in [0.2, 0.25) is 0 Å². The Kier molecular flexibility index (Phi) is 8.19. The monoisotopic (exact) mass is 292 g/mol. The molecule has 21 heavy (non-hydrogen) atoms. The summed E-state index contributed by atoms with van der Waals surface area (Å²) in [7, 11) is 2.50. The maximum atomic E-state index is 12.1. The fraction of sp³-hybridized carbons (Fsp3) is 0.588. The fourth-order valence-electron chi connectivity index (χ4n) is 1.69. The van der Waals surface area contributed by atoms with Gasteiger partial charge in [-0.1, -0.05) is 13.8 Å². The minimum atomic E-state index is -1.44. The zero-order chi connectivity index (χ0) is 16.5. The number of ether oxygens (including phenoxy) is 2. The van der Waals surface area contributed by atoms with Gasteiger partial charge >= 0.3 is 11.9 Å². The molecule has 0 aromatic heterocycles. The maximum Gasteiger partial charge on any atom is 0.324 e. The third-order valence-corrected chi connectivity index (χ3v) is 2.77. The average molecular weight is 292 g/mol. The molecule has 0 heterocycles. The Bertz CT molecular complexity index is 477. The molecule has 0 unspecified atom stereocenters. The molecule has 0 saturated heterocycles. The van der Waals surface area contributed by atoms with Gasteiger partial charge in [-0.15, -0.1) is 17.6 Å². The van der Waals surface area contributed by atoms with Crippen molar-refractivity contribution in [1.29, 1.82) is 0 Å². The maximum absolute atomic E-state index is 12.1. The van der Waals surface area contributed by atoms with E-state index >= 15 is 0 Å². The molecule has 0 aromatic rings. The Labute approximate surface area is 127 Å². The predicted octanol–water partition coefficient (Wildman–Crippen LogP) is 2.88. The van der Waals surface area contributed by atoms with Gasteiger partial charge in [-0.2, -0.15) is 0 Å². The third kappa shape index (κ3) is 5.89. The SMILES string of the molecule is COC(=O)C(CC#CC(C)C)(CC=C=C(C)C)C(=O)OC. The summed E-state index contributed by atoms with van der Waals surface area (Å²) in [6.45, 7) is 7.64. The molecule has 0 bridgehead atoms. The fourth-order valence-corrected chi connectivity index (χ4v) is 1.69. The zero-order valence-electron chi connectivity index (χ0n) is 13.7. The molecular formula is C17H24O4. The standard InChI is InChI=1S/C17H24O4/c1-13(2)9-7-11-17(15(18)20-5,16(19)21-6)12-8-10-14(3)4/h7,14H,11-12H2,1-6H3. The molecule has 0 atom stereocenters. The summed E-state index contributed by atoms with van der Waals surface area (Å²) in [4.78, 5) is 24.3. The van der Waals surface area contributed by atoms with Gasteiger partial charge in [-0.05, 0) is 25.5 Å². The van der Waals surface area contributed by atoms with Crippen LogP contribution >= 0.6 is 0 Å². The second kappa shape index (κ2) is 9.05. The molecule has 116 valence electrons. The van der Waals surface area contributed by atoms with Crippen molar-refractivity contribution in [2.75, 3.05) is 14.2 Å². The lowest BCUT2D eigenvalue weighted by Gasteiger charge is -2.24. The van der Waals surface area contributed by atoms with Gasteiger partial charge in [-0.3, -0.25) is 9.59 Å². The summed E-state index contributed by atoms with van der Waals surface area (Å²) in [5.74, 6) is 4.72. The summed E-state index contributed by atoms with van der Waals surface area (Å²) >= 11 is 0. The number of carbonyl (C=O) groups excluding carboxylic acids is 2. The zero-order valence-corrected chi connectivity index (χ0v) is 13.7. The van der Waals surface area contributed by atoms with Gasteiger partial charge in [0.15, 0.2) is 5.41 Å². The molecule has 0 saturated carbocycles. The van der Waals surface area contributed by atoms with Crippen molar-refractivity contribution in [3.05, 3.63) is 17.4 Å². The van der Waals surface area contributed by atoms with Crippen molar-refractivity contribution in [1.82, 2.24) is 0 Å². The van der Waals surface area contributed by atoms with Crippen LogP contribution in [-0.4, -0.2) is 26.2 Å². The van der Waals surface area contributed by atoms with Crippen LogP contribution in [0.4, 0.5) is 0 Å². The quantitative estimate of drug-likeness (QED) is 0.338. The summed E-state index contributed by atoms with van der Waals surface area (Å²) < 4.78 is 9.58. The molecule has 4 heteroatoms. The second-order valence-corrected chi connectivity index (χ2v) is 5.27. The normalized spacial score (nSPS) is 10.0. The van der Waals surface area contributed by atoms with Crippen molar-refractivity contribution in [3.63, 3.8) is 0 Å². The van der Waals surface area contributed by atoms with Crippen LogP contribution in [0.1, 0.15) is 40.5 Å². The predicted molar refractivity (Wildman–Crippen MR) is 81.3 cm³/mol. The van der Waals surface area contributed by atoms with Crippen molar-refractivity contribution in [2.24, 2.45) is 11.3 Å². The second-order valence-electron chi connectivity index (χ2n) is 5.27. The van der Waals surface area contributed by atoms with Crippen LogP contribution in [0.3, 0.4) is 0 Å². The summed E-state index contributed by atoms with van der Waals surface area (Å²) in [5.41, 5.74) is 2.50. The van der Waals surface area contributed by atoms with Gasteiger partial charge in [0.25, 0.3) is 0 Å². The van der Waals surface area contributed by atoms with E-state index in [1.807, 2.05) is 27.7 Å². The van der Waals surface area contributed by atoms with Crippen molar-refractivity contribution >= 4 is 11.9 Å². The molecular weight excluding hydrogens is 268 g/mol. The number of rotatable bonds is 5. The van der Waals surface area contributed by atoms with E-state index in [1.165, 1.54) is 14.2 Å². The topological polar surface area (TPSA) is 52.6 Å². The van der Waals surface area contributed by atoms with E-state index in [2.05, 4.69) is 17.6 Å². The number of hydrogen-bond donors (Lipinski definition) is 0. The van der Waals surface area contributed by atoms with Crippen LogP contribution in [0, 0.1) is 23.2 Å². The number of carbonyl (C=O) groups is 2. The molecule has 4 nitrogen and oxygen atoms in total. The first-order valence-electron chi connectivity index (χ1n) is 6.83. The molecule has 0 radical (unpaired) electrons. The molecule has 0 aliphatic heterocycles. The Balaban J connectivity index is 5.65. The van der Waals surface area contributed by atoms with Crippen LogP contribution in [0.2, 0.25) is 0 Å². The summed E-state index contributed by atoms with van der Waals surface area (Å²) in [6.07, 6.45) is 1.86. The van der Waals surface area contributed by atoms with Crippen LogP contribution in [0.25, 0.3) is 0 Å². The first-order chi connectivity index (χ1) is 9.80. The smallest absolute Gasteiger partial charge is 0.324 e. The lowest BCUT2D eigenvalue weighted by Crippen LogP contribution is -2.40. The highest BCUT2D eigenvalue weighted by molar-refractivity contribution is 6.00. The van der Waals surface area contributed by atoms with E-state index in [9.17, 15) is 9.59 Å². The van der Waals surface area contributed by atoms with Gasteiger partial charge in [0.1, 0.15) is 0 Å². The van der Waals surface area contributed by atoms with Crippen LogP contribution in [0.15, 0.2) is 17.4 Å². The average Bonchev–Trinajstić information content (AvgIpc) is 2.43. The van der Waals surface area contributed by atoms with Crippen molar-refractivity contribution in [2.45, 2.75) is 40.5 Å². The highest BCUT2D eigenvalue weighted by Crippen LogP contribution is 2.30. The van der Waals surface area contributed by atoms with E-state index in [0.717, 1.165) is 5.57 Å². The number of allylic oxidation sites excluding steroid dienone is 1. The lowest BCUT2D eigenvalue weighted by molar-refractivity contribution is -0.168. The largest absolute Gasteiger partial charge is 0.468 e. The minimum Gasteiger partial charge on any atom is -0.468 e. The van der Waals surface area contributed by atoms with Crippen molar-refractivity contribution in [3.8, 4) is 11.8 Å². The molecule has 0 fully saturated rings. The number of methoxy groups -OCH3 is 2. The van der Waals surface area contributed by atoms with Crippen LogP contribution in [0.5, 0.6) is 0 Å². The van der Waals surface area contributed by atoms with Gasteiger partial charge in [-0.25, -0.2) is 0 Å². The molecule has 0 aliphatic rings. The van der Waals surface area contributed by atoms with Gasteiger partial charge < -0.3 is 9.47 Å². The highest BCUT2D eigenvalue weighted by Gasteiger charge is 2.47. The molecule has 0 aliphatic carbocycles. The van der Waals surface area contributed by atoms with E-state index in [-0.39, 0.29) is 18.8 Å². The van der Waals surface area contributed by atoms with E-state index < -0.39 is 17.4 Å². The minimum absolute atomic E-state index is 0.0610. The molecule has 0 rings (SSSR count). The van der Waals surface area contributed by atoms with E-state index in [1.54, 1.807) is 6.08 Å². The van der Waals surface area contributed by atoms with Crippen molar-refractivity contribution < 1.29 is 19.1 Å². The van der Waals surface area contributed by atoms with Crippen LogP contribution < -0.4 is 0 Å². The number of hydrogen-bond acceptors (Lipinski definition) is 4. The molecule has 0 N–H and O–H groups in total.